The Morgan fingerprint density at radius 2 is 1.88 bits per heavy atom. The van der Waals surface area contributed by atoms with Crippen LogP contribution in [0.2, 0.25) is 0 Å². The smallest absolute Gasteiger partial charge is 0.165 e. The van der Waals surface area contributed by atoms with Crippen LogP contribution in [0.15, 0.2) is 24.3 Å². The Morgan fingerprint density at radius 3 is 2.53 bits per heavy atom. The summed E-state index contributed by atoms with van der Waals surface area (Å²) in [5, 5.41) is 0. The Hall–Kier alpha value is -1.31. The molecule has 1 fully saturated rings. The summed E-state index contributed by atoms with van der Waals surface area (Å²) < 4.78 is 0. The third-order valence-electron chi connectivity index (χ3n) is 3.38. The van der Waals surface area contributed by atoms with Crippen molar-refractivity contribution in [3.8, 4) is 0 Å². The first-order valence-corrected chi connectivity index (χ1v) is 6.57. The van der Waals surface area contributed by atoms with Gasteiger partial charge in [0.05, 0.1) is 0 Å². The van der Waals surface area contributed by atoms with Gasteiger partial charge in [0.1, 0.15) is 0 Å². The summed E-state index contributed by atoms with van der Waals surface area (Å²) in [4.78, 5) is 14.4. The molecule has 1 aliphatic rings. The normalized spacial score (nSPS) is 16.3. The number of Topliss-reactive ketones (excluding diaryl/α,β-unsaturated/α-hetero) is 1. The molecule has 2 heteroatoms. The largest absolute Gasteiger partial charge is 0.372 e. The predicted octanol–water partition coefficient (Wildman–Crippen LogP) is 3.52. The highest BCUT2D eigenvalue weighted by atomic mass is 16.1. The molecule has 0 spiro atoms. The number of carbonyl (C=O) groups excluding carboxylic acids is 1. The summed E-state index contributed by atoms with van der Waals surface area (Å²) >= 11 is 0. The van der Waals surface area contributed by atoms with Gasteiger partial charge in [-0.2, -0.15) is 0 Å². The summed E-state index contributed by atoms with van der Waals surface area (Å²) in [5.74, 6) is 0.315. The fourth-order valence-electron chi connectivity index (χ4n) is 2.34. The van der Waals surface area contributed by atoms with Gasteiger partial charge >= 0.3 is 0 Å². The number of hydrogen-bond donors (Lipinski definition) is 0. The van der Waals surface area contributed by atoms with Gasteiger partial charge in [-0.05, 0) is 31.4 Å². The van der Waals surface area contributed by atoms with Crippen LogP contribution in [0.25, 0.3) is 0 Å². The lowest BCUT2D eigenvalue weighted by molar-refractivity contribution is 0.0939. The van der Waals surface area contributed by atoms with Gasteiger partial charge in [-0.3, -0.25) is 4.79 Å². The SMILES string of the molecule is CC(C)C(=O)c1cccc(N2CCCCC2)c1. The molecule has 1 aromatic carbocycles. The number of anilines is 1. The fraction of sp³-hybridized carbons (Fsp3) is 0.533. The number of nitrogens with zero attached hydrogens (tertiary/aromatic N) is 1. The average Bonchev–Trinajstić information content (AvgIpc) is 2.39. The second-order valence-electron chi connectivity index (χ2n) is 5.12. The van der Waals surface area contributed by atoms with E-state index in [2.05, 4.69) is 11.0 Å². The minimum absolute atomic E-state index is 0.0756. The van der Waals surface area contributed by atoms with Crippen molar-refractivity contribution in [2.45, 2.75) is 33.1 Å². The quantitative estimate of drug-likeness (QED) is 0.742. The van der Waals surface area contributed by atoms with E-state index in [0.29, 0.717) is 0 Å². The molecule has 2 nitrogen and oxygen atoms in total. The van der Waals surface area contributed by atoms with E-state index in [1.54, 1.807) is 0 Å². The topological polar surface area (TPSA) is 20.3 Å². The number of hydrogen-bond acceptors (Lipinski definition) is 2. The van der Waals surface area contributed by atoms with Crippen LogP contribution in [-0.2, 0) is 0 Å². The van der Waals surface area contributed by atoms with E-state index in [9.17, 15) is 4.79 Å². The second-order valence-corrected chi connectivity index (χ2v) is 5.12. The molecule has 0 atom stereocenters. The van der Waals surface area contributed by atoms with Crippen molar-refractivity contribution < 1.29 is 4.79 Å². The molecule has 0 unspecified atom stereocenters. The molecule has 1 aliphatic heterocycles. The van der Waals surface area contributed by atoms with Crippen LogP contribution in [0, 0.1) is 5.92 Å². The van der Waals surface area contributed by atoms with Crippen LogP contribution >= 0.6 is 0 Å². The third kappa shape index (κ3) is 2.87. The van der Waals surface area contributed by atoms with E-state index in [4.69, 9.17) is 0 Å². The molecule has 0 saturated carbocycles. The van der Waals surface area contributed by atoms with Crippen molar-refractivity contribution in [3.63, 3.8) is 0 Å². The van der Waals surface area contributed by atoms with Gasteiger partial charge in [0, 0.05) is 30.3 Å². The Morgan fingerprint density at radius 1 is 1.18 bits per heavy atom. The summed E-state index contributed by atoms with van der Waals surface area (Å²) in [6.45, 7) is 6.16. The van der Waals surface area contributed by atoms with Crippen LogP contribution in [0.5, 0.6) is 0 Å². The van der Waals surface area contributed by atoms with E-state index in [1.165, 1.54) is 24.9 Å². The van der Waals surface area contributed by atoms with Crippen LogP contribution in [0.3, 0.4) is 0 Å². The monoisotopic (exact) mass is 231 g/mol. The van der Waals surface area contributed by atoms with Gasteiger partial charge in [-0.15, -0.1) is 0 Å². The van der Waals surface area contributed by atoms with Gasteiger partial charge in [-0.25, -0.2) is 0 Å². The summed E-state index contributed by atoms with van der Waals surface area (Å²) in [6.07, 6.45) is 3.87. The molecule has 0 radical (unpaired) electrons. The molecule has 17 heavy (non-hydrogen) atoms. The average molecular weight is 231 g/mol. The molecular weight excluding hydrogens is 210 g/mol. The van der Waals surface area contributed by atoms with Crippen molar-refractivity contribution in [1.29, 1.82) is 0 Å². The molecule has 2 rings (SSSR count). The zero-order chi connectivity index (χ0) is 12.3. The zero-order valence-electron chi connectivity index (χ0n) is 10.8. The molecule has 0 N–H and O–H groups in total. The predicted molar refractivity (Wildman–Crippen MR) is 71.7 cm³/mol. The van der Waals surface area contributed by atoms with E-state index in [1.807, 2.05) is 32.0 Å². The minimum atomic E-state index is 0.0756. The van der Waals surface area contributed by atoms with Crippen LogP contribution in [0.1, 0.15) is 43.5 Å². The molecular formula is C15H21NO. The van der Waals surface area contributed by atoms with Gasteiger partial charge in [0.15, 0.2) is 5.78 Å². The minimum Gasteiger partial charge on any atom is -0.372 e. The number of rotatable bonds is 3. The van der Waals surface area contributed by atoms with E-state index in [-0.39, 0.29) is 11.7 Å². The van der Waals surface area contributed by atoms with Crippen molar-refractivity contribution in [2.75, 3.05) is 18.0 Å². The maximum absolute atomic E-state index is 12.0. The molecule has 1 aromatic rings. The second kappa shape index (κ2) is 5.35. The number of benzene rings is 1. The van der Waals surface area contributed by atoms with Crippen LogP contribution < -0.4 is 4.90 Å². The standard InChI is InChI=1S/C15H21NO/c1-12(2)15(17)13-7-6-8-14(11-13)16-9-4-3-5-10-16/h6-8,11-12H,3-5,9-10H2,1-2H3. The van der Waals surface area contributed by atoms with Crippen molar-refractivity contribution >= 4 is 11.5 Å². The Labute approximate surface area is 104 Å². The molecule has 0 amide bonds. The first-order chi connectivity index (χ1) is 8.18. The van der Waals surface area contributed by atoms with Crippen molar-refractivity contribution in [2.24, 2.45) is 5.92 Å². The molecule has 0 aliphatic carbocycles. The highest BCUT2D eigenvalue weighted by Gasteiger charge is 2.14. The lowest BCUT2D eigenvalue weighted by atomic mass is 10.00. The lowest BCUT2D eigenvalue weighted by Crippen LogP contribution is -2.29. The fourth-order valence-corrected chi connectivity index (χ4v) is 2.34. The van der Waals surface area contributed by atoms with E-state index >= 15 is 0 Å². The van der Waals surface area contributed by atoms with E-state index in [0.717, 1.165) is 18.7 Å². The molecule has 1 saturated heterocycles. The first kappa shape index (κ1) is 12.2. The summed E-state index contributed by atoms with van der Waals surface area (Å²) in [5.41, 5.74) is 2.05. The summed E-state index contributed by atoms with van der Waals surface area (Å²) in [6, 6.07) is 8.09. The van der Waals surface area contributed by atoms with Crippen LogP contribution in [0.4, 0.5) is 5.69 Å². The Kier molecular flexibility index (Phi) is 3.82. The van der Waals surface area contributed by atoms with Gasteiger partial charge in [0.25, 0.3) is 0 Å². The maximum atomic E-state index is 12.0. The Balaban J connectivity index is 2.18. The third-order valence-corrected chi connectivity index (χ3v) is 3.38. The number of ketones is 1. The molecule has 0 aromatic heterocycles. The number of piperidine rings is 1. The molecule has 0 bridgehead atoms. The van der Waals surface area contributed by atoms with Crippen molar-refractivity contribution in [1.82, 2.24) is 0 Å². The lowest BCUT2D eigenvalue weighted by Gasteiger charge is -2.29. The van der Waals surface area contributed by atoms with Crippen molar-refractivity contribution in [3.05, 3.63) is 29.8 Å². The highest BCUT2D eigenvalue weighted by molar-refractivity contribution is 5.98. The molecule has 92 valence electrons. The Bertz CT molecular complexity index is 392. The number of carbonyl (C=O) groups is 1. The van der Waals surface area contributed by atoms with Gasteiger partial charge < -0.3 is 4.90 Å². The first-order valence-electron chi connectivity index (χ1n) is 6.57. The zero-order valence-corrected chi connectivity index (χ0v) is 10.8. The highest BCUT2D eigenvalue weighted by Crippen LogP contribution is 2.22. The van der Waals surface area contributed by atoms with E-state index < -0.39 is 0 Å². The maximum Gasteiger partial charge on any atom is 0.165 e. The molecule has 1 heterocycles. The van der Waals surface area contributed by atoms with Crippen LogP contribution in [-0.4, -0.2) is 18.9 Å². The van der Waals surface area contributed by atoms with Gasteiger partial charge in [-0.1, -0.05) is 26.0 Å². The summed E-state index contributed by atoms with van der Waals surface area (Å²) in [7, 11) is 0. The van der Waals surface area contributed by atoms with Gasteiger partial charge in [0.2, 0.25) is 0 Å².